The molecule has 0 aromatic heterocycles. The van der Waals surface area contributed by atoms with E-state index in [4.69, 9.17) is 13.3 Å². The van der Waals surface area contributed by atoms with Crippen LogP contribution in [0.15, 0.2) is 0 Å². The molecule has 9 nitrogen and oxygen atoms in total. The van der Waals surface area contributed by atoms with Crippen LogP contribution in [-0.2, 0) is 33.3 Å². The van der Waals surface area contributed by atoms with Crippen LogP contribution in [0, 0.1) is 0 Å². The number of hydrogen-bond acceptors (Lipinski definition) is 7. The Labute approximate surface area is 153 Å². The molecule has 0 aliphatic heterocycles. The first-order valence-electron chi connectivity index (χ1n) is 7.78. The molecule has 12 heteroatoms. The summed E-state index contributed by atoms with van der Waals surface area (Å²) in [5.41, 5.74) is -0.380. The van der Waals surface area contributed by atoms with Gasteiger partial charge >= 0.3 is 8.80 Å². The van der Waals surface area contributed by atoms with Gasteiger partial charge in [-0.1, -0.05) is 6.92 Å². The second kappa shape index (κ2) is 9.22. The lowest BCUT2D eigenvalue weighted by Crippen LogP contribution is -2.59. The van der Waals surface area contributed by atoms with Crippen molar-refractivity contribution in [1.82, 2.24) is 9.03 Å². The zero-order valence-corrected chi connectivity index (χ0v) is 19.1. The average Bonchev–Trinajstić information content (AvgIpc) is 2.46. The fraction of sp³-hybridized carbons (Fsp3) is 1.00. The highest BCUT2D eigenvalue weighted by Gasteiger charge is 2.50. The van der Waals surface area contributed by atoms with Crippen molar-refractivity contribution in [3.05, 3.63) is 0 Å². The largest absolute Gasteiger partial charge is 0.504 e. The van der Waals surface area contributed by atoms with Gasteiger partial charge in [-0.2, -0.15) is 4.31 Å². The molecule has 0 saturated carbocycles. The van der Waals surface area contributed by atoms with Crippen LogP contribution in [0.3, 0.4) is 0 Å². The molecule has 0 aliphatic rings. The third kappa shape index (κ3) is 6.54. The third-order valence-corrected chi connectivity index (χ3v) is 9.98. The maximum absolute atomic E-state index is 12.4. The number of nitrogens with zero attached hydrogens (tertiary/aromatic N) is 1. The maximum atomic E-state index is 12.4. The molecule has 0 bridgehead atoms. The predicted molar refractivity (Wildman–Crippen MR) is 99.3 cm³/mol. The van der Waals surface area contributed by atoms with E-state index in [2.05, 4.69) is 4.72 Å². The van der Waals surface area contributed by atoms with Gasteiger partial charge in [-0.3, -0.25) is 0 Å². The summed E-state index contributed by atoms with van der Waals surface area (Å²) in [6.07, 6.45) is 2.13. The Hall–Kier alpha value is -0.0831. The van der Waals surface area contributed by atoms with Crippen LogP contribution in [0.25, 0.3) is 0 Å². The minimum Gasteiger partial charge on any atom is -0.377 e. The average molecular weight is 421 g/mol. The van der Waals surface area contributed by atoms with Crippen LogP contribution in [0.4, 0.5) is 0 Å². The molecule has 0 fully saturated rings. The molecule has 0 spiro atoms. The summed E-state index contributed by atoms with van der Waals surface area (Å²) in [4.78, 5) is 0. The predicted octanol–water partition coefficient (Wildman–Crippen LogP) is 0.231. The quantitative estimate of drug-likeness (QED) is 0.476. The smallest absolute Gasteiger partial charge is 0.377 e. The summed E-state index contributed by atoms with van der Waals surface area (Å²) in [7, 11) is -5.82. The molecular weight excluding hydrogens is 388 g/mol. The zero-order valence-electron chi connectivity index (χ0n) is 16.4. The molecule has 0 amide bonds. The molecule has 25 heavy (non-hydrogen) atoms. The van der Waals surface area contributed by atoms with Crippen LogP contribution in [0.2, 0.25) is 5.54 Å². The van der Waals surface area contributed by atoms with E-state index < -0.39 is 47.0 Å². The minimum absolute atomic E-state index is 0.380. The number of sulfonamides is 2. The Morgan fingerprint density at radius 1 is 0.840 bits per heavy atom. The van der Waals surface area contributed by atoms with E-state index in [0.29, 0.717) is 0 Å². The van der Waals surface area contributed by atoms with Crippen LogP contribution >= 0.6 is 0 Å². The van der Waals surface area contributed by atoms with Crippen molar-refractivity contribution in [3.8, 4) is 0 Å². The van der Waals surface area contributed by atoms with E-state index in [9.17, 15) is 16.8 Å². The molecular formula is C13H32N2O7S2Si. The van der Waals surface area contributed by atoms with Crippen LogP contribution in [0.1, 0.15) is 27.7 Å². The van der Waals surface area contributed by atoms with E-state index >= 15 is 0 Å². The molecule has 4 atom stereocenters. The summed E-state index contributed by atoms with van der Waals surface area (Å²) < 4.78 is 67.9. The molecule has 1 N–H and O–H groups in total. The Balaban J connectivity index is 5.83. The van der Waals surface area contributed by atoms with Gasteiger partial charge in [0.25, 0.3) is 0 Å². The number of hydrogen-bond donors (Lipinski definition) is 1. The number of rotatable bonds is 11. The van der Waals surface area contributed by atoms with Gasteiger partial charge in [0.05, 0.1) is 12.5 Å². The first-order chi connectivity index (χ1) is 11.2. The number of nitrogens with one attached hydrogen (secondary N) is 1. The topological polar surface area (TPSA) is 111 Å². The van der Waals surface area contributed by atoms with Gasteiger partial charge in [0, 0.05) is 45.0 Å². The fourth-order valence-corrected chi connectivity index (χ4v) is 7.88. The molecule has 0 aromatic rings. The van der Waals surface area contributed by atoms with Gasteiger partial charge in [-0.25, -0.2) is 21.6 Å². The Kier molecular flexibility index (Phi) is 9.19. The van der Waals surface area contributed by atoms with E-state index in [-0.39, 0.29) is 5.54 Å². The van der Waals surface area contributed by atoms with Crippen LogP contribution in [-0.4, -0.2) is 81.9 Å². The van der Waals surface area contributed by atoms with E-state index in [1.54, 1.807) is 27.7 Å². The molecule has 0 radical (unpaired) electrons. The lowest BCUT2D eigenvalue weighted by molar-refractivity contribution is 0.0977. The van der Waals surface area contributed by atoms with Gasteiger partial charge in [-0.05, 0) is 20.8 Å². The molecule has 0 rings (SSSR count). The summed E-state index contributed by atoms with van der Waals surface area (Å²) in [6, 6.07) is -1.79. The highest BCUT2D eigenvalue weighted by molar-refractivity contribution is 7.89. The molecule has 152 valence electrons. The van der Waals surface area contributed by atoms with E-state index in [1.165, 1.54) is 25.6 Å². The normalized spacial score (nSPS) is 18.8. The van der Waals surface area contributed by atoms with Gasteiger partial charge in [0.2, 0.25) is 20.0 Å². The van der Waals surface area contributed by atoms with Crippen molar-refractivity contribution in [3.63, 3.8) is 0 Å². The van der Waals surface area contributed by atoms with Gasteiger partial charge < -0.3 is 13.3 Å². The van der Waals surface area contributed by atoms with Crippen molar-refractivity contribution >= 4 is 28.9 Å². The molecule has 0 aliphatic carbocycles. The summed E-state index contributed by atoms with van der Waals surface area (Å²) in [5, 5.41) is 0. The molecule has 0 aromatic carbocycles. The van der Waals surface area contributed by atoms with Crippen molar-refractivity contribution in [1.29, 1.82) is 0 Å². The van der Waals surface area contributed by atoms with Gasteiger partial charge in [0.1, 0.15) is 0 Å². The molecule has 0 heterocycles. The van der Waals surface area contributed by atoms with Crippen molar-refractivity contribution in [2.75, 3.05) is 33.8 Å². The Morgan fingerprint density at radius 2 is 1.24 bits per heavy atom. The first kappa shape index (κ1) is 24.9. The van der Waals surface area contributed by atoms with Crippen molar-refractivity contribution in [2.24, 2.45) is 0 Å². The van der Waals surface area contributed by atoms with E-state index in [0.717, 1.165) is 12.5 Å². The standard InChI is InChI=1S/C13H32N2O7S2Si/c1-10(14-23(8,16)17)11(2)15(24(9,18)19)12(3)13(4)25(20-5,21-6)22-7/h10-14H,1-9H3. The van der Waals surface area contributed by atoms with Gasteiger partial charge in [-0.15, -0.1) is 0 Å². The second-order valence-corrected chi connectivity index (χ2v) is 13.3. The molecule has 0 saturated heterocycles. The second-order valence-electron chi connectivity index (χ2n) is 6.26. The monoisotopic (exact) mass is 420 g/mol. The minimum atomic E-state index is -3.64. The SMILES string of the molecule is CO[Si](OC)(OC)C(C)C(C)N(C(C)C(C)NS(C)(=O)=O)S(C)(=O)=O. The summed E-state index contributed by atoms with van der Waals surface area (Å²) >= 11 is 0. The highest BCUT2D eigenvalue weighted by atomic mass is 32.2. The van der Waals surface area contributed by atoms with Crippen molar-refractivity contribution in [2.45, 2.75) is 51.4 Å². The summed E-state index contributed by atoms with van der Waals surface area (Å²) in [6.45, 7) is 6.80. The highest BCUT2D eigenvalue weighted by Crippen LogP contribution is 2.32. The maximum Gasteiger partial charge on any atom is 0.504 e. The van der Waals surface area contributed by atoms with E-state index in [1.807, 2.05) is 0 Å². The van der Waals surface area contributed by atoms with Crippen LogP contribution in [0.5, 0.6) is 0 Å². The Bertz CT molecular complexity index is 614. The molecule has 4 unspecified atom stereocenters. The zero-order chi connectivity index (χ0) is 20.2. The van der Waals surface area contributed by atoms with Crippen molar-refractivity contribution < 1.29 is 30.1 Å². The first-order valence-corrected chi connectivity index (χ1v) is 13.3. The Morgan fingerprint density at radius 3 is 1.52 bits per heavy atom. The lowest BCUT2D eigenvalue weighted by atomic mass is 10.1. The lowest BCUT2D eigenvalue weighted by Gasteiger charge is -2.41. The van der Waals surface area contributed by atoms with Crippen LogP contribution < -0.4 is 4.72 Å². The summed E-state index contributed by atoms with van der Waals surface area (Å²) in [5.74, 6) is 0. The van der Waals surface area contributed by atoms with Gasteiger partial charge in [0.15, 0.2) is 0 Å². The third-order valence-electron chi connectivity index (χ3n) is 4.44. The fourth-order valence-electron chi connectivity index (χ4n) is 2.95.